The molecule has 0 saturated heterocycles. The first-order valence-electron chi connectivity index (χ1n) is 3.87. The molecule has 0 radical (unpaired) electrons. The van der Waals surface area contributed by atoms with Gasteiger partial charge < -0.3 is 0 Å². The van der Waals surface area contributed by atoms with Crippen LogP contribution in [0.4, 0.5) is 0 Å². The van der Waals surface area contributed by atoms with Gasteiger partial charge in [-0.05, 0) is 24.6 Å². The van der Waals surface area contributed by atoms with Gasteiger partial charge in [-0.1, -0.05) is 30.7 Å². The predicted molar refractivity (Wildman–Crippen MR) is 50.5 cm³/mol. The SMILES string of the molecule is CC(=O)[C@H](C)c1cccc(Cl)c1. The molecule has 0 amide bonds. The number of ketones is 1. The molecule has 64 valence electrons. The van der Waals surface area contributed by atoms with Gasteiger partial charge in [-0.2, -0.15) is 0 Å². The summed E-state index contributed by atoms with van der Waals surface area (Å²) in [6.45, 7) is 3.47. The molecule has 1 aromatic carbocycles. The van der Waals surface area contributed by atoms with E-state index in [4.69, 9.17) is 11.6 Å². The minimum atomic E-state index is -0.0521. The molecule has 1 atom stereocenters. The third-order valence-corrected chi connectivity index (χ3v) is 2.19. The molecule has 12 heavy (non-hydrogen) atoms. The summed E-state index contributed by atoms with van der Waals surface area (Å²) in [7, 11) is 0. The van der Waals surface area contributed by atoms with Crippen molar-refractivity contribution in [3.63, 3.8) is 0 Å². The molecule has 1 rings (SSSR count). The zero-order valence-electron chi connectivity index (χ0n) is 7.17. The van der Waals surface area contributed by atoms with Crippen molar-refractivity contribution in [2.75, 3.05) is 0 Å². The van der Waals surface area contributed by atoms with E-state index in [1.807, 2.05) is 25.1 Å². The molecule has 1 nitrogen and oxygen atoms in total. The second kappa shape index (κ2) is 3.72. The second-order valence-corrected chi connectivity index (χ2v) is 3.32. The predicted octanol–water partition coefficient (Wildman–Crippen LogP) is 3.03. The maximum absolute atomic E-state index is 11.0. The quantitative estimate of drug-likeness (QED) is 0.687. The van der Waals surface area contributed by atoms with E-state index in [1.165, 1.54) is 0 Å². The topological polar surface area (TPSA) is 17.1 Å². The van der Waals surface area contributed by atoms with E-state index in [2.05, 4.69) is 0 Å². The molecule has 0 aliphatic rings. The normalized spacial score (nSPS) is 12.6. The highest BCUT2D eigenvalue weighted by Crippen LogP contribution is 2.19. The molecule has 0 unspecified atom stereocenters. The summed E-state index contributed by atoms with van der Waals surface area (Å²) in [5, 5.41) is 0.681. The summed E-state index contributed by atoms with van der Waals surface area (Å²) in [6, 6.07) is 7.40. The molecule has 2 heteroatoms. The number of carbonyl (C=O) groups is 1. The largest absolute Gasteiger partial charge is 0.299 e. The molecular weight excluding hydrogens is 172 g/mol. The Kier molecular flexibility index (Phi) is 2.88. The number of rotatable bonds is 2. The lowest BCUT2D eigenvalue weighted by Gasteiger charge is -2.07. The Hall–Kier alpha value is -0.820. The van der Waals surface area contributed by atoms with Crippen molar-refractivity contribution in [2.45, 2.75) is 19.8 Å². The number of benzene rings is 1. The number of Topliss-reactive ketones (excluding diaryl/α,β-unsaturated/α-hetero) is 1. The van der Waals surface area contributed by atoms with Crippen LogP contribution in [0.3, 0.4) is 0 Å². The van der Waals surface area contributed by atoms with Crippen LogP contribution in [0.15, 0.2) is 24.3 Å². The van der Waals surface area contributed by atoms with E-state index in [0.29, 0.717) is 5.02 Å². The lowest BCUT2D eigenvalue weighted by Crippen LogP contribution is -2.03. The van der Waals surface area contributed by atoms with Crippen LogP contribution in [0.5, 0.6) is 0 Å². The molecule has 0 aromatic heterocycles. The second-order valence-electron chi connectivity index (χ2n) is 2.89. The summed E-state index contributed by atoms with van der Waals surface area (Å²) in [6.07, 6.45) is 0. The third-order valence-electron chi connectivity index (χ3n) is 1.96. The van der Waals surface area contributed by atoms with E-state index in [1.54, 1.807) is 13.0 Å². The number of carbonyl (C=O) groups excluding carboxylic acids is 1. The van der Waals surface area contributed by atoms with Crippen LogP contribution in [0, 0.1) is 0 Å². The standard InChI is InChI=1S/C10H11ClO/c1-7(8(2)12)9-4-3-5-10(11)6-9/h3-7H,1-2H3/t7-/m0/s1. The summed E-state index contributed by atoms with van der Waals surface area (Å²) >= 11 is 5.78. The highest BCUT2D eigenvalue weighted by Gasteiger charge is 2.09. The average molecular weight is 183 g/mol. The Morgan fingerprint density at radius 2 is 2.17 bits per heavy atom. The lowest BCUT2D eigenvalue weighted by atomic mass is 9.98. The highest BCUT2D eigenvalue weighted by molar-refractivity contribution is 6.30. The van der Waals surface area contributed by atoms with Gasteiger partial charge in [0.15, 0.2) is 0 Å². The van der Waals surface area contributed by atoms with Crippen molar-refractivity contribution in [1.29, 1.82) is 0 Å². The summed E-state index contributed by atoms with van der Waals surface area (Å²) < 4.78 is 0. The maximum Gasteiger partial charge on any atom is 0.136 e. The van der Waals surface area contributed by atoms with Crippen LogP contribution in [0.1, 0.15) is 25.3 Å². The minimum absolute atomic E-state index is 0.0521. The number of hydrogen-bond donors (Lipinski definition) is 0. The number of hydrogen-bond acceptors (Lipinski definition) is 1. The van der Waals surface area contributed by atoms with Crippen molar-refractivity contribution in [3.8, 4) is 0 Å². The molecule has 0 aliphatic heterocycles. The van der Waals surface area contributed by atoms with Gasteiger partial charge >= 0.3 is 0 Å². The molecule has 0 N–H and O–H groups in total. The molecule has 0 heterocycles. The first kappa shape index (κ1) is 9.27. The zero-order valence-corrected chi connectivity index (χ0v) is 7.93. The maximum atomic E-state index is 11.0. The van der Waals surface area contributed by atoms with Gasteiger partial charge in [0.05, 0.1) is 0 Å². The summed E-state index contributed by atoms with van der Waals surface area (Å²) in [5.74, 6) is 0.112. The van der Waals surface area contributed by atoms with E-state index < -0.39 is 0 Å². The fraction of sp³-hybridized carbons (Fsp3) is 0.300. The molecule has 0 saturated carbocycles. The Balaban J connectivity index is 2.95. The first-order chi connectivity index (χ1) is 5.61. The Labute approximate surface area is 77.4 Å². The van der Waals surface area contributed by atoms with Crippen LogP contribution >= 0.6 is 11.6 Å². The zero-order chi connectivity index (χ0) is 9.14. The van der Waals surface area contributed by atoms with Crippen molar-refractivity contribution >= 4 is 17.4 Å². The third kappa shape index (κ3) is 2.08. The first-order valence-corrected chi connectivity index (χ1v) is 4.25. The van der Waals surface area contributed by atoms with Crippen molar-refractivity contribution in [2.24, 2.45) is 0 Å². The Morgan fingerprint density at radius 1 is 1.50 bits per heavy atom. The fourth-order valence-corrected chi connectivity index (χ4v) is 1.21. The number of halogens is 1. The van der Waals surface area contributed by atoms with Crippen molar-refractivity contribution < 1.29 is 4.79 Å². The monoisotopic (exact) mass is 182 g/mol. The van der Waals surface area contributed by atoms with Crippen LogP contribution in [0.25, 0.3) is 0 Å². The molecule has 1 aromatic rings. The van der Waals surface area contributed by atoms with E-state index in [0.717, 1.165) is 5.56 Å². The molecule has 0 fully saturated rings. The molecule has 0 bridgehead atoms. The van der Waals surface area contributed by atoms with Gasteiger partial charge in [0.25, 0.3) is 0 Å². The van der Waals surface area contributed by atoms with Crippen molar-refractivity contribution in [1.82, 2.24) is 0 Å². The highest BCUT2D eigenvalue weighted by atomic mass is 35.5. The average Bonchev–Trinajstić information content (AvgIpc) is 2.03. The van der Waals surface area contributed by atoms with E-state index >= 15 is 0 Å². The van der Waals surface area contributed by atoms with Crippen molar-refractivity contribution in [3.05, 3.63) is 34.9 Å². The van der Waals surface area contributed by atoms with Gasteiger partial charge in [-0.3, -0.25) is 4.79 Å². The summed E-state index contributed by atoms with van der Waals surface area (Å²) in [4.78, 5) is 11.0. The van der Waals surface area contributed by atoms with E-state index in [-0.39, 0.29) is 11.7 Å². The van der Waals surface area contributed by atoms with Gasteiger partial charge in [-0.25, -0.2) is 0 Å². The van der Waals surface area contributed by atoms with Crippen LogP contribution in [-0.2, 0) is 4.79 Å². The van der Waals surface area contributed by atoms with Gasteiger partial charge in [0.2, 0.25) is 0 Å². The molecule has 0 aliphatic carbocycles. The Morgan fingerprint density at radius 3 is 2.67 bits per heavy atom. The minimum Gasteiger partial charge on any atom is -0.299 e. The van der Waals surface area contributed by atoms with Gasteiger partial charge in [0.1, 0.15) is 5.78 Å². The van der Waals surface area contributed by atoms with Crippen LogP contribution < -0.4 is 0 Å². The van der Waals surface area contributed by atoms with Crippen LogP contribution in [-0.4, -0.2) is 5.78 Å². The van der Waals surface area contributed by atoms with E-state index in [9.17, 15) is 4.79 Å². The van der Waals surface area contributed by atoms with Gasteiger partial charge in [0, 0.05) is 10.9 Å². The Bertz CT molecular complexity index is 294. The molecular formula is C10H11ClO. The summed E-state index contributed by atoms with van der Waals surface area (Å²) in [5.41, 5.74) is 0.981. The molecule has 0 spiro atoms. The van der Waals surface area contributed by atoms with Gasteiger partial charge in [-0.15, -0.1) is 0 Å². The van der Waals surface area contributed by atoms with Crippen LogP contribution in [0.2, 0.25) is 5.02 Å². The lowest BCUT2D eigenvalue weighted by molar-refractivity contribution is -0.118. The fourth-order valence-electron chi connectivity index (χ4n) is 1.01. The smallest absolute Gasteiger partial charge is 0.136 e.